The molecule has 1 aromatic carbocycles. The molecule has 0 aliphatic heterocycles. The Labute approximate surface area is 87.5 Å². The van der Waals surface area contributed by atoms with E-state index in [9.17, 15) is 13.2 Å². The molecule has 4 heteroatoms. The molecular formula is C11H14F3N. The first-order valence-electron chi connectivity index (χ1n) is 4.62. The third-order valence-corrected chi connectivity index (χ3v) is 2.22. The molecule has 0 heterocycles. The minimum absolute atomic E-state index is 0.276. The van der Waals surface area contributed by atoms with Crippen molar-refractivity contribution in [2.24, 2.45) is 0 Å². The van der Waals surface area contributed by atoms with Crippen LogP contribution in [0, 0.1) is 6.92 Å². The van der Waals surface area contributed by atoms with Gasteiger partial charge in [0, 0.05) is 0 Å². The SMILES string of the molecule is Cc1ccc(C(N(C)C)C(F)(F)F)cc1. The van der Waals surface area contributed by atoms with Crippen molar-refractivity contribution in [3.8, 4) is 0 Å². The molecule has 84 valence electrons. The Kier molecular flexibility index (Phi) is 3.39. The minimum Gasteiger partial charge on any atom is -0.295 e. The lowest BCUT2D eigenvalue weighted by Gasteiger charge is -2.27. The summed E-state index contributed by atoms with van der Waals surface area (Å²) in [5, 5.41) is 0. The summed E-state index contributed by atoms with van der Waals surface area (Å²) in [4.78, 5) is 1.17. The highest BCUT2D eigenvalue weighted by Crippen LogP contribution is 2.36. The topological polar surface area (TPSA) is 3.24 Å². The van der Waals surface area contributed by atoms with Gasteiger partial charge in [0.25, 0.3) is 0 Å². The normalized spacial score (nSPS) is 14.3. The Morgan fingerprint density at radius 2 is 1.53 bits per heavy atom. The summed E-state index contributed by atoms with van der Waals surface area (Å²) in [5.74, 6) is 0. The van der Waals surface area contributed by atoms with Crippen molar-refractivity contribution in [1.29, 1.82) is 0 Å². The second kappa shape index (κ2) is 4.23. The number of alkyl halides is 3. The summed E-state index contributed by atoms with van der Waals surface area (Å²) in [5.41, 5.74) is 1.23. The van der Waals surface area contributed by atoms with Gasteiger partial charge in [-0.2, -0.15) is 13.2 Å². The lowest BCUT2D eigenvalue weighted by atomic mass is 10.0. The summed E-state index contributed by atoms with van der Waals surface area (Å²) >= 11 is 0. The quantitative estimate of drug-likeness (QED) is 0.735. The van der Waals surface area contributed by atoms with E-state index in [0.717, 1.165) is 5.56 Å². The number of hydrogen-bond acceptors (Lipinski definition) is 1. The van der Waals surface area contributed by atoms with Crippen molar-refractivity contribution in [3.05, 3.63) is 35.4 Å². The molecule has 0 N–H and O–H groups in total. The first-order valence-corrected chi connectivity index (χ1v) is 4.62. The number of rotatable bonds is 2. The van der Waals surface area contributed by atoms with Gasteiger partial charge in [-0.05, 0) is 26.6 Å². The van der Waals surface area contributed by atoms with Crippen LogP contribution < -0.4 is 0 Å². The molecule has 0 amide bonds. The number of aryl methyl sites for hydroxylation is 1. The maximum atomic E-state index is 12.7. The zero-order valence-electron chi connectivity index (χ0n) is 8.97. The smallest absolute Gasteiger partial charge is 0.295 e. The van der Waals surface area contributed by atoms with Crippen LogP contribution >= 0.6 is 0 Å². The van der Waals surface area contributed by atoms with E-state index in [-0.39, 0.29) is 5.56 Å². The molecule has 0 aliphatic carbocycles. The largest absolute Gasteiger partial charge is 0.408 e. The van der Waals surface area contributed by atoms with Crippen LogP contribution in [0.1, 0.15) is 17.2 Å². The molecule has 0 bridgehead atoms. The van der Waals surface area contributed by atoms with Crippen molar-refractivity contribution in [2.45, 2.75) is 19.1 Å². The van der Waals surface area contributed by atoms with Crippen molar-refractivity contribution in [3.63, 3.8) is 0 Å². The van der Waals surface area contributed by atoms with Gasteiger partial charge < -0.3 is 0 Å². The Morgan fingerprint density at radius 3 is 1.87 bits per heavy atom. The molecule has 0 spiro atoms. The fourth-order valence-corrected chi connectivity index (χ4v) is 1.53. The first kappa shape index (κ1) is 12.0. The van der Waals surface area contributed by atoms with Crippen molar-refractivity contribution in [1.82, 2.24) is 4.90 Å². The van der Waals surface area contributed by atoms with Crippen LogP contribution in [0.5, 0.6) is 0 Å². The zero-order valence-corrected chi connectivity index (χ0v) is 8.97. The molecule has 0 aromatic heterocycles. The standard InChI is InChI=1S/C11H14F3N/c1-8-4-6-9(7-5-8)10(15(2)3)11(12,13)14/h4-7,10H,1-3H3. The molecule has 15 heavy (non-hydrogen) atoms. The van der Waals surface area contributed by atoms with Gasteiger partial charge in [-0.1, -0.05) is 29.8 Å². The molecule has 0 saturated heterocycles. The van der Waals surface area contributed by atoms with E-state index in [1.165, 1.54) is 31.1 Å². The van der Waals surface area contributed by atoms with E-state index in [1.54, 1.807) is 12.1 Å². The highest BCUT2D eigenvalue weighted by molar-refractivity contribution is 5.25. The van der Waals surface area contributed by atoms with Gasteiger partial charge >= 0.3 is 6.18 Å². The summed E-state index contributed by atoms with van der Waals surface area (Å²) in [6, 6.07) is 4.90. The second-order valence-corrected chi connectivity index (χ2v) is 3.82. The molecule has 0 radical (unpaired) electrons. The average Bonchev–Trinajstić information content (AvgIpc) is 2.05. The summed E-state index contributed by atoms with van der Waals surface area (Å²) in [7, 11) is 2.86. The lowest BCUT2D eigenvalue weighted by Crippen LogP contribution is -2.33. The van der Waals surface area contributed by atoms with E-state index in [0.29, 0.717) is 0 Å². The van der Waals surface area contributed by atoms with E-state index in [4.69, 9.17) is 0 Å². The summed E-state index contributed by atoms with van der Waals surface area (Å²) < 4.78 is 38.1. The first-order chi connectivity index (χ1) is 6.82. The fourth-order valence-electron chi connectivity index (χ4n) is 1.53. The van der Waals surface area contributed by atoms with Crippen LogP contribution in [0.4, 0.5) is 13.2 Å². The molecule has 0 saturated carbocycles. The number of nitrogens with zero attached hydrogens (tertiary/aromatic N) is 1. The maximum absolute atomic E-state index is 12.7. The number of halogens is 3. The third-order valence-electron chi connectivity index (χ3n) is 2.22. The average molecular weight is 217 g/mol. The van der Waals surface area contributed by atoms with Gasteiger partial charge in [0.2, 0.25) is 0 Å². The van der Waals surface area contributed by atoms with Gasteiger partial charge in [-0.15, -0.1) is 0 Å². The van der Waals surface area contributed by atoms with Crippen LogP contribution in [0.15, 0.2) is 24.3 Å². The van der Waals surface area contributed by atoms with E-state index >= 15 is 0 Å². The lowest BCUT2D eigenvalue weighted by molar-refractivity contribution is -0.179. The number of benzene rings is 1. The van der Waals surface area contributed by atoms with Gasteiger partial charge in [0.05, 0.1) is 0 Å². The third kappa shape index (κ3) is 2.96. The van der Waals surface area contributed by atoms with E-state index in [2.05, 4.69) is 0 Å². The van der Waals surface area contributed by atoms with E-state index < -0.39 is 12.2 Å². The van der Waals surface area contributed by atoms with Crippen LogP contribution in [0.2, 0.25) is 0 Å². The van der Waals surface area contributed by atoms with Gasteiger partial charge in [0.15, 0.2) is 0 Å². The summed E-state index contributed by atoms with van der Waals surface area (Å²) in [6.07, 6.45) is -4.24. The molecule has 1 unspecified atom stereocenters. The van der Waals surface area contributed by atoms with E-state index in [1.807, 2.05) is 6.92 Å². The number of hydrogen-bond donors (Lipinski definition) is 0. The Hall–Kier alpha value is -1.03. The molecule has 1 rings (SSSR count). The van der Waals surface area contributed by atoms with Gasteiger partial charge in [0.1, 0.15) is 6.04 Å². The van der Waals surface area contributed by atoms with Crippen LogP contribution in [-0.2, 0) is 0 Å². The predicted octanol–water partition coefficient (Wildman–Crippen LogP) is 3.16. The van der Waals surface area contributed by atoms with Crippen molar-refractivity contribution < 1.29 is 13.2 Å². The van der Waals surface area contributed by atoms with Crippen LogP contribution in [-0.4, -0.2) is 25.2 Å². The Balaban J connectivity index is 3.05. The molecule has 0 aliphatic rings. The Bertz CT molecular complexity index is 314. The highest BCUT2D eigenvalue weighted by atomic mass is 19.4. The second-order valence-electron chi connectivity index (χ2n) is 3.82. The van der Waals surface area contributed by atoms with Crippen molar-refractivity contribution in [2.75, 3.05) is 14.1 Å². The molecular weight excluding hydrogens is 203 g/mol. The molecule has 1 atom stereocenters. The zero-order chi connectivity index (χ0) is 11.6. The van der Waals surface area contributed by atoms with Crippen molar-refractivity contribution >= 4 is 0 Å². The monoisotopic (exact) mass is 217 g/mol. The Morgan fingerprint density at radius 1 is 1.07 bits per heavy atom. The van der Waals surface area contributed by atoms with Crippen LogP contribution in [0.3, 0.4) is 0 Å². The fraction of sp³-hybridized carbons (Fsp3) is 0.455. The molecule has 1 aromatic rings. The van der Waals surface area contributed by atoms with Gasteiger partial charge in [-0.25, -0.2) is 0 Å². The van der Waals surface area contributed by atoms with Crippen LogP contribution in [0.25, 0.3) is 0 Å². The minimum atomic E-state index is -4.24. The predicted molar refractivity (Wildman–Crippen MR) is 53.7 cm³/mol. The van der Waals surface area contributed by atoms with Gasteiger partial charge in [-0.3, -0.25) is 4.90 Å². The molecule has 0 fully saturated rings. The highest BCUT2D eigenvalue weighted by Gasteiger charge is 2.42. The maximum Gasteiger partial charge on any atom is 0.408 e. The summed E-state index contributed by atoms with van der Waals surface area (Å²) in [6.45, 7) is 1.85. The molecule has 1 nitrogen and oxygen atoms in total.